The molecule has 1 rings (SSSR count). The lowest BCUT2D eigenvalue weighted by atomic mass is 10.2. The number of rotatable bonds is 6. The number of ether oxygens (including phenoxy) is 1. The Morgan fingerprint density at radius 3 is 2.71 bits per heavy atom. The Hall–Kier alpha value is -0.780. The van der Waals surface area contributed by atoms with Gasteiger partial charge in [-0.1, -0.05) is 24.6 Å². The van der Waals surface area contributed by atoms with Gasteiger partial charge in [0.25, 0.3) is 0 Å². The standard InChI is InChI=1S/C11H15ClO4S/c1-2-17(14,15)7-6-16-11-5-3-4-10(12)9(11)8-13/h3-5,13H,2,6-8H2,1H3. The first-order chi connectivity index (χ1) is 8.00. The smallest absolute Gasteiger partial charge is 0.153 e. The molecular formula is C11H15ClO4S. The molecule has 0 unspecified atom stereocenters. The van der Waals surface area contributed by atoms with Crippen molar-refractivity contribution in [3.05, 3.63) is 28.8 Å². The first kappa shape index (κ1) is 14.3. The highest BCUT2D eigenvalue weighted by atomic mass is 35.5. The first-order valence-corrected chi connectivity index (χ1v) is 7.41. The minimum absolute atomic E-state index is 0.0408. The van der Waals surface area contributed by atoms with E-state index >= 15 is 0 Å². The van der Waals surface area contributed by atoms with Crippen molar-refractivity contribution in [2.45, 2.75) is 13.5 Å². The van der Waals surface area contributed by atoms with Crippen LogP contribution in [0.4, 0.5) is 0 Å². The summed E-state index contributed by atoms with van der Waals surface area (Å²) in [5.41, 5.74) is 0.475. The maximum absolute atomic E-state index is 11.3. The third-order valence-electron chi connectivity index (χ3n) is 2.33. The Labute approximate surface area is 106 Å². The van der Waals surface area contributed by atoms with Crippen molar-refractivity contribution in [1.29, 1.82) is 0 Å². The van der Waals surface area contributed by atoms with Gasteiger partial charge in [-0.05, 0) is 12.1 Å². The van der Waals surface area contributed by atoms with Crippen molar-refractivity contribution in [2.24, 2.45) is 0 Å². The van der Waals surface area contributed by atoms with E-state index in [0.717, 1.165) is 0 Å². The first-order valence-electron chi connectivity index (χ1n) is 5.21. The molecule has 96 valence electrons. The Balaban J connectivity index is 2.67. The molecule has 0 aliphatic rings. The van der Waals surface area contributed by atoms with E-state index in [1.54, 1.807) is 25.1 Å². The van der Waals surface area contributed by atoms with Crippen molar-refractivity contribution in [2.75, 3.05) is 18.1 Å². The summed E-state index contributed by atoms with van der Waals surface area (Å²) in [5.74, 6) is 0.478. The van der Waals surface area contributed by atoms with Crippen molar-refractivity contribution >= 4 is 21.4 Å². The van der Waals surface area contributed by atoms with Gasteiger partial charge in [-0.2, -0.15) is 0 Å². The van der Waals surface area contributed by atoms with Crippen LogP contribution in [0.2, 0.25) is 5.02 Å². The molecule has 4 nitrogen and oxygen atoms in total. The summed E-state index contributed by atoms with van der Waals surface area (Å²) < 4.78 is 27.8. The van der Waals surface area contributed by atoms with Gasteiger partial charge in [0.05, 0.1) is 12.4 Å². The Morgan fingerprint density at radius 1 is 1.41 bits per heavy atom. The predicted molar refractivity (Wildman–Crippen MR) is 67.2 cm³/mol. The quantitative estimate of drug-likeness (QED) is 0.859. The summed E-state index contributed by atoms with van der Waals surface area (Å²) >= 11 is 5.87. The highest BCUT2D eigenvalue weighted by Gasteiger charge is 2.10. The molecule has 0 saturated heterocycles. The van der Waals surface area contributed by atoms with E-state index in [9.17, 15) is 8.42 Å². The second-order valence-corrected chi connectivity index (χ2v) is 6.34. The van der Waals surface area contributed by atoms with Crippen LogP contribution in [0, 0.1) is 0 Å². The molecule has 1 N–H and O–H groups in total. The highest BCUT2D eigenvalue weighted by molar-refractivity contribution is 7.91. The molecule has 0 fully saturated rings. The van der Waals surface area contributed by atoms with E-state index in [4.69, 9.17) is 21.4 Å². The van der Waals surface area contributed by atoms with Gasteiger partial charge in [-0.25, -0.2) is 8.42 Å². The van der Waals surface area contributed by atoms with Crippen molar-refractivity contribution in [1.82, 2.24) is 0 Å². The molecule has 0 radical (unpaired) electrons. The molecule has 0 heterocycles. The van der Waals surface area contributed by atoms with Gasteiger partial charge in [0.2, 0.25) is 0 Å². The van der Waals surface area contributed by atoms with Crippen LogP contribution in [-0.4, -0.2) is 31.6 Å². The molecule has 0 atom stereocenters. The molecule has 17 heavy (non-hydrogen) atoms. The number of aliphatic hydroxyl groups is 1. The minimum Gasteiger partial charge on any atom is -0.492 e. The average molecular weight is 279 g/mol. The lowest BCUT2D eigenvalue weighted by Crippen LogP contribution is -2.16. The van der Waals surface area contributed by atoms with Crippen LogP contribution >= 0.6 is 11.6 Å². The maximum Gasteiger partial charge on any atom is 0.153 e. The normalized spacial score (nSPS) is 11.5. The van der Waals surface area contributed by atoms with E-state index in [2.05, 4.69) is 0 Å². The molecular weight excluding hydrogens is 264 g/mol. The summed E-state index contributed by atoms with van der Waals surface area (Å²) in [6, 6.07) is 4.98. The lowest BCUT2D eigenvalue weighted by Gasteiger charge is -2.11. The zero-order valence-corrected chi connectivity index (χ0v) is 11.1. The molecule has 0 aliphatic carbocycles. The number of hydrogen-bond acceptors (Lipinski definition) is 4. The molecule has 6 heteroatoms. The van der Waals surface area contributed by atoms with Gasteiger partial charge in [-0.3, -0.25) is 0 Å². The van der Waals surface area contributed by atoms with E-state index < -0.39 is 9.84 Å². The summed E-state index contributed by atoms with van der Waals surface area (Å²) in [4.78, 5) is 0. The van der Waals surface area contributed by atoms with E-state index in [-0.39, 0.29) is 24.7 Å². The van der Waals surface area contributed by atoms with Crippen molar-refractivity contribution < 1.29 is 18.3 Å². The molecule has 1 aromatic rings. The average Bonchev–Trinajstić information content (AvgIpc) is 2.29. The molecule has 0 aromatic heterocycles. The number of hydrogen-bond donors (Lipinski definition) is 1. The number of benzene rings is 1. The van der Waals surface area contributed by atoms with Crippen LogP contribution in [0.25, 0.3) is 0 Å². The second kappa shape index (κ2) is 6.23. The van der Waals surface area contributed by atoms with Crippen LogP contribution in [0.15, 0.2) is 18.2 Å². The van der Waals surface area contributed by atoms with Gasteiger partial charge < -0.3 is 9.84 Å². The van der Waals surface area contributed by atoms with Crippen molar-refractivity contribution in [3.8, 4) is 5.75 Å². The van der Waals surface area contributed by atoms with Crippen LogP contribution < -0.4 is 4.74 Å². The maximum atomic E-state index is 11.3. The van der Waals surface area contributed by atoms with Gasteiger partial charge in [0, 0.05) is 16.3 Å². The van der Waals surface area contributed by atoms with Gasteiger partial charge in [0.1, 0.15) is 12.4 Å². The Bertz CT molecular complexity index is 470. The number of sulfone groups is 1. The summed E-state index contributed by atoms with van der Waals surface area (Å²) in [6.07, 6.45) is 0. The SMILES string of the molecule is CCS(=O)(=O)CCOc1cccc(Cl)c1CO. The zero-order valence-electron chi connectivity index (χ0n) is 9.52. The van der Waals surface area contributed by atoms with Crippen LogP contribution in [-0.2, 0) is 16.4 Å². The molecule has 0 spiro atoms. The predicted octanol–water partition coefficient (Wildman–Crippen LogP) is 1.65. The van der Waals surface area contributed by atoms with Gasteiger partial charge >= 0.3 is 0 Å². The van der Waals surface area contributed by atoms with Gasteiger partial charge in [-0.15, -0.1) is 0 Å². The molecule has 0 saturated carbocycles. The monoisotopic (exact) mass is 278 g/mol. The Morgan fingerprint density at radius 2 is 2.12 bits per heavy atom. The third kappa shape index (κ3) is 4.18. The highest BCUT2D eigenvalue weighted by Crippen LogP contribution is 2.26. The minimum atomic E-state index is -3.04. The lowest BCUT2D eigenvalue weighted by molar-refractivity contribution is 0.267. The third-order valence-corrected chi connectivity index (χ3v) is 4.35. The topological polar surface area (TPSA) is 63.6 Å². The molecule has 0 aliphatic heterocycles. The molecule has 0 bridgehead atoms. The molecule has 0 amide bonds. The van der Waals surface area contributed by atoms with Crippen molar-refractivity contribution in [3.63, 3.8) is 0 Å². The van der Waals surface area contributed by atoms with Crippen LogP contribution in [0.3, 0.4) is 0 Å². The molecule has 1 aromatic carbocycles. The summed E-state index contributed by atoms with van der Waals surface area (Å²) in [7, 11) is -3.04. The number of halogens is 1. The van der Waals surface area contributed by atoms with Crippen LogP contribution in [0.5, 0.6) is 5.75 Å². The van der Waals surface area contributed by atoms with E-state index in [0.29, 0.717) is 16.3 Å². The second-order valence-electron chi connectivity index (χ2n) is 3.46. The van der Waals surface area contributed by atoms with Crippen LogP contribution in [0.1, 0.15) is 12.5 Å². The van der Waals surface area contributed by atoms with E-state index in [1.165, 1.54) is 0 Å². The fourth-order valence-corrected chi connectivity index (χ4v) is 2.10. The fourth-order valence-electron chi connectivity index (χ4n) is 1.25. The zero-order chi connectivity index (χ0) is 12.9. The van der Waals surface area contributed by atoms with Gasteiger partial charge in [0.15, 0.2) is 9.84 Å². The fraction of sp³-hybridized carbons (Fsp3) is 0.455. The largest absolute Gasteiger partial charge is 0.492 e. The summed E-state index contributed by atoms with van der Waals surface area (Å²) in [6.45, 7) is 1.41. The Kier molecular flexibility index (Phi) is 5.24. The number of aliphatic hydroxyl groups excluding tert-OH is 1. The van der Waals surface area contributed by atoms with E-state index in [1.807, 2.05) is 0 Å². The summed E-state index contributed by atoms with van der Waals surface area (Å²) in [5, 5.41) is 9.53.